The molecule has 20 heavy (non-hydrogen) atoms. The van der Waals surface area contributed by atoms with Crippen LogP contribution in [0.4, 0.5) is 5.82 Å². The largest absolute Gasteiger partial charge is 0.410 e. The predicted octanol–water partition coefficient (Wildman–Crippen LogP) is 1.52. The van der Waals surface area contributed by atoms with Gasteiger partial charge in [-0.1, -0.05) is 4.80 Å². The van der Waals surface area contributed by atoms with Gasteiger partial charge in [0.15, 0.2) is 12.0 Å². The summed E-state index contributed by atoms with van der Waals surface area (Å²) in [6.45, 7) is 3.42. The van der Waals surface area contributed by atoms with Crippen LogP contribution in [-0.2, 0) is 21.8 Å². The molecule has 1 saturated heterocycles. The van der Waals surface area contributed by atoms with E-state index in [-0.39, 0.29) is 5.82 Å². The lowest BCUT2D eigenvalue weighted by molar-refractivity contribution is -0.389. The van der Waals surface area contributed by atoms with E-state index in [9.17, 15) is 10.1 Å². The first-order valence-corrected chi connectivity index (χ1v) is 6.85. The van der Waals surface area contributed by atoms with Crippen molar-refractivity contribution in [2.45, 2.75) is 19.3 Å². The molecule has 0 aliphatic carbocycles. The summed E-state index contributed by atoms with van der Waals surface area (Å²) in [7, 11) is 0. The normalized spacial score (nSPS) is 17.4. The number of ether oxygens (including phenoxy) is 2. The van der Waals surface area contributed by atoms with E-state index in [1.807, 2.05) is 18.4 Å². The molecule has 3 heterocycles. The molecule has 0 saturated carbocycles. The average molecular weight is 296 g/mol. The van der Waals surface area contributed by atoms with Crippen LogP contribution in [0.15, 0.2) is 17.6 Å². The Bertz CT molecular complexity index is 632. The summed E-state index contributed by atoms with van der Waals surface area (Å²) < 4.78 is 11.2. The summed E-state index contributed by atoms with van der Waals surface area (Å²) in [6, 6.07) is 1.95. The van der Waals surface area contributed by atoms with Crippen LogP contribution in [0.5, 0.6) is 0 Å². The standard InChI is InChI=1S/C11H12N4O4S/c1-11(18-2-3-19-11)8-4-9(20-7-8)6-14-12-5-10(13-14)15(16)17/h4-5,7H,2-3,6H2,1H3. The van der Waals surface area contributed by atoms with Crippen molar-refractivity contribution in [2.75, 3.05) is 13.2 Å². The van der Waals surface area contributed by atoms with Gasteiger partial charge in [-0.3, -0.25) is 0 Å². The molecule has 1 fully saturated rings. The van der Waals surface area contributed by atoms with Crippen LogP contribution in [0.3, 0.4) is 0 Å². The lowest BCUT2D eigenvalue weighted by Crippen LogP contribution is -2.21. The first kappa shape index (κ1) is 13.2. The zero-order valence-corrected chi connectivity index (χ0v) is 11.5. The Hall–Kier alpha value is -1.84. The molecule has 106 valence electrons. The first-order valence-electron chi connectivity index (χ1n) is 5.97. The second-order valence-corrected chi connectivity index (χ2v) is 5.43. The summed E-state index contributed by atoms with van der Waals surface area (Å²) in [5, 5.41) is 20.1. The summed E-state index contributed by atoms with van der Waals surface area (Å²) in [5.74, 6) is -0.950. The van der Waals surface area contributed by atoms with Crippen molar-refractivity contribution < 1.29 is 14.4 Å². The van der Waals surface area contributed by atoms with Gasteiger partial charge in [0, 0.05) is 10.4 Å². The average Bonchev–Trinajstić information content (AvgIpc) is 3.10. The van der Waals surface area contributed by atoms with Crippen LogP contribution >= 0.6 is 11.3 Å². The van der Waals surface area contributed by atoms with Gasteiger partial charge in [0.25, 0.3) is 0 Å². The van der Waals surface area contributed by atoms with Crippen LogP contribution in [0.25, 0.3) is 0 Å². The Morgan fingerprint density at radius 1 is 1.55 bits per heavy atom. The molecule has 8 nitrogen and oxygen atoms in total. The van der Waals surface area contributed by atoms with Gasteiger partial charge in [-0.2, -0.15) is 0 Å². The number of nitro groups is 1. The Labute approximate surface area is 118 Å². The highest BCUT2D eigenvalue weighted by Crippen LogP contribution is 2.33. The summed E-state index contributed by atoms with van der Waals surface area (Å²) in [6.07, 6.45) is 1.14. The van der Waals surface area contributed by atoms with Crippen molar-refractivity contribution in [3.05, 3.63) is 38.2 Å². The summed E-state index contributed by atoms with van der Waals surface area (Å²) in [4.78, 5) is 12.3. The van der Waals surface area contributed by atoms with Crippen molar-refractivity contribution >= 4 is 17.2 Å². The van der Waals surface area contributed by atoms with E-state index in [4.69, 9.17) is 9.47 Å². The molecule has 0 radical (unpaired) electrons. The fourth-order valence-electron chi connectivity index (χ4n) is 1.97. The monoisotopic (exact) mass is 296 g/mol. The smallest absolute Gasteiger partial charge is 0.358 e. The van der Waals surface area contributed by atoms with Crippen LogP contribution in [0, 0.1) is 10.1 Å². The molecule has 9 heteroatoms. The predicted molar refractivity (Wildman–Crippen MR) is 69.4 cm³/mol. The molecule has 0 amide bonds. The Kier molecular flexibility index (Phi) is 3.24. The van der Waals surface area contributed by atoms with Crippen LogP contribution in [0.2, 0.25) is 0 Å². The topological polar surface area (TPSA) is 92.3 Å². The third kappa shape index (κ3) is 2.42. The van der Waals surface area contributed by atoms with Gasteiger partial charge in [0.05, 0.1) is 18.3 Å². The van der Waals surface area contributed by atoms with Crippen LogP contribution < -0.4 is 0 Å². The van der Waals surface area contributed by atoms with Gasteiger partial charge in [0.2, 0.25) is 0 Å². The highest BCUT2D eigenvalue weighted by molar-refractivity contribution is 7.10. The number of hydrogen-bond donors (Lipinski definition) is 0. The fourth-order valence-corrected chi connectivity index (χ4v) is 2.92. The molecule has 1 aliphatic heterocycles. The molecule has 0 bridgehead atoms. The van der Waals surface area contributed by atoms with Gasteiger partial charge in [-0.15, -0.1) is 16.4 Å². The van der Waals surface area contributed by atoms with Crippen molar-refractivity contribution in [3.63, 3.8) is 0 Å². The summed E-state index contributed by atoms with van der Waals surface area (Å²) in [5.41, 5.74) is 0.941. The van der Waals surface area contributed by atoms with E-state index < -0.39 is 10.7 Å². The highest BCUT2D eigenvalue weighted by atomic mass is 32.1. The van der Waals surface area contributed by atoms with Gasteiger partial charge >= 0.3 is 5.82 Å². The Morgan fingerprint density at radius 3 is 2.95 bits per heavy atom. The number of aromatic nitrogens is 3. The minimum absolute atomic E-state index is 0.254. The first-order chi connectivity index (χ1) is 9.57. The van der Waals surface area contributed by atoms with Gasteiger partial charge < -0.3 is 19.6 Å². The number of thiophene rings is 1. The number of nitrogens with zero attached hydrogens (tertiary/aromatic N) is 4. The lowest BCUT2D eigenvalue weighted by Gasteiger charge is -2.20. The maximum absolute atomic E-state index is 10.5. The van der Waals surface area contributed by atoms with E-state index in [1.165, 1.54) is 16.1 Å². The molecule has 0 N–H and O–H groups in total. The van der Waals surface area contributed by atoms with Crippen molar-refractivity contribution in [3.8, 4) is 0 Å². The molecular formula is C11H12N4O4S. The molecule has 2 aromatic heterocycles. The molecule has 2 aromatic rings. The van der Waals surface area contributed by atoms with E-state index in [0.29, 0.717) is 19.8 Å². The molecule has 1 aliphatic rings. The summed E-state index contributed by atoms with van der Waals surface area (Å²) >= 11 is 1.52. The third-order valence-electron chi connectivity index (χ3n) is 3.03. The second-order valence-electron chi connectivity index (χ2n) is 4.43. The molecule has 0 aromatic carbocycles. The molecule has 0 atom stereocenters. The molecule has 0 spiro atoms. The minimum Gasteiger partial charge on any atom is -0.358 e. The van der Waals surface area contributed by atoms with Crippen molar-refractivity contribution in [1.29, 1.82) is 0 Å². The second kappa shape index (κ2) is 4.93. The highest BCUT2D eigenvalue weighted by Gasteiger charge is 2.34. The van der Waals surface area contributed by atoms with Gasteiger partial charge in [-0.05, 0) is 23.3 Å². The minimum atomic E-state index is -0.696. The van der Waals surface area contributed by atoms with Crippen molar-refractivity contribution in [2.24, 2.45) is 0 Å². The maximum atomic E-state index is 10.5. The SMILES string of the molecule is CC1(c2csc(Cn3ncc([N+](=O)[O-])n3)c2)OCCO1. The van der Waals surface area contributed by atoms with E-state index >= 15 is 0 Å². The van der Waals surface area contributed by atoms with Gasteiger partial charge in [-0.25, -0.2) is 0 Å². The van der Waals surface area contributed by atoms with Crippen LogP contribution in [-0.4, -0.2) is 33.1 Å². The number of rotatable bonds is 4. The zero-order valence-electron chi connectivity index (χ0n) is 10.7. The maximum Gasteiger partial charge on any atom is 0.410 e. The van der Waals surface area contributed by atoms with E-state index in [1.54, 1.807) is 0 Å². The van der Waals surface area contributed by atoms with Gasteiger partial charge in [0.1, 0.15) is 6.54 Å². The Balaban J connectivity index is 1.75. The Morgan fingerprint density at radius 2 is 2.30 bits per heavy atom. The molecular weight excluding hydrogens is 284 g/mol. The van der Waals surface area contributed by atoms with Crippen molar-refractivity contribution in [1.82, 2.24) is 15.0 Å². The lowest BCUT2D eigenvalue weighted by atomic mass is 10.1. The van der Waals surface area contributed by atoms with E-state index in [0.717, 1.165) is 16.6 Å². The quantitative estimate of drug-likeness (QED) is 0.627. The van der Waals surface area contributed by atoms with Crippen LogP contribution in [0.1, 0.15) is 17.4 Å². The molecule has 3 rings (SSSR count). The number of hydrogen-bond acceptors (Lipinski definition) is 7. The fraction of sp³-hybridized carbons (Fsp3) is 0.455. The third-order valence-corrected chi connectivity index (χ3v) is 3.95. The zero-order chi connectivity index (χ0) is 14.2. The molecule has 0 unspecified atom stereocenters. The van der Waals surface area contributed by atoms with E-state index in [2.05, 4.69) is 10.2 Å².